The van der Waals surface area contributed by atoms with E-state index in [4.69, 9.17) is 16.3 Å². The van der Waals surface area contributed by atoms with Crippen LogP contribution in [0.1, 0.15) is 16.8 Å². The van der Waals surface area contributed by atoms with E-state index in [0.717, 1.165) is 11.1 Å². The van der Waals surface area contributed by atoms with Crippen LogP contribution in [0, 0.1) is 6.92 Å². The van der Waals surface area contributed by atoms with Crippen molar-refractivity contribution in [1.29, 1.82) is 0 Å². The molecule has 1 heterocycles. The zero-order chi connectivity index (χ0) is 19.1. The molecule has 27 heavy (non-hydrogen) atoms. The molecular formula is C21H18ClN3O2. The predicted molar refractivity (Wildman–Crippen MR) is 107 cm³/mol. The molecule has 0 aliphatic carbocycles. The first-order chi connectivity index (χ1) is 13.1. The van der Waals surface area contributed by atoms with Crippen LogP contribution in [0.25, 0.3) is 6.08 Å². The highest BCUT2D eigenvalue weighted by Gasteiger charge is 2.05. The Hall–Kier alpha value is -3.18. The molecule has 136 valence electrons. The first-order valence-electron chi connectivity index (χ1n) is 8.33. The van der Waals surface area contributed by atoms with Crippen LogP contribution in [0.15, 0.2) is 67.1 Å². The second-order valence-corrected chi connectivity index (χ2v) is 6.29. The van der Waals surface area contributed by atoms with Crippen LogP contribution in [0.2, 0.25) is 5.02 Å². The number of benzene rings is 2. The number of rotatable bonds is 6. The Morgan fingerprint density at radius 3 is 2.89 bits per heavy atom. The van der Waals surface area contributed by atoms with Crippen LogP contribution < -0.4 is 10.1 Å². The summed E-state index contributed by atoms with van der Waals surface area (Å²) in [7, 11) is 0. The Balaban J connectivity index is 1.64. The average Bonchev–Trinajstić information content (AvgIpc) is 2.68. The van der Waals surface area contributed by atoms with E-state index >= 15 is 0 Å². The Labute approximate surface area is 162 Å². The molecule has 6 heteroatoms. The quantitative estimate of drug-likeness (QED) is 0.632. The highest BCUT2D eigenvalue weighted by molar-refractivity contribution is 6.30. The minimum absolute atomic E-state index is 0.252. The van der Waals surface area contributed by atoms with Crippen molar-refractivity contribution in [3.8, 4) is 5.75 Å². The molecule has 0 spiro atoms. The monoisotopic (exact) mass is 379 g/mol. The molecule has 0 saturated carbocycles. The van der Waals surface area contributed by atoms with Crippen molar-refractivity contribution in [2.24, 2.45) is 0 Å². The van der Waals surface area contributed by atoms with Crippen molar-refractivity contribution < 1.29 is 9.53 Å². The van der Waals surface area contributed by atoms with Gasteiger partial charge < -0.3 is 10.1 Å². The lowest BCUT2D eigenvalue weighted by Crippen LogP contribution is -2.08. The van der Waals surface area contributed by atoms with Crippen LogP contribution in [0.4, 0.5) is 5.69 Å². The Morgan fingerprint density at radius 1 is 1.22 bits per heavy atom. The van der Waals surface area contributed by atoms with Crippen LogP contribution in [0.3, 0.4) is 0 Å². The van der Waals surface area contributed by atoms with Crippen LogP contribution in [-0.2, 0) is 11.4 Å². The topological polar surface area (TPSA) is 64.1 Å². The third-order valence-electron chi connectivity index (χ3n) is 3.75. The number of hydrogen-bond donors (Lipinski definition) is 1. The first kappa shape index (κ1) is 18.6. The Kier molecular flexibility index (Phi) is 6.18. The average molecular weight is 380 g/mol. The molecule has 2 aromatic carbocycles. The van der Waals surface area contributed by atoms with E-state index in [2.05, 4.69) is 15.3 Å². The number of carbonyl (C=O) groups excluding carboxylic acids is 1. The Morgan fingerprint density at radius 2 is 2.11 bits per heavy atom. The molecule has 5 nitrogen and oxygen atoms in total. The minimum atomic E-state index is -0.252. The van der Waals surface area contributed by atoms with Gasteiger partial charge in [-0.25, -0.2) is 9.97 Å². The number of carbonyl (C=O) groups is 1. The number of aromatic nitrogens is 2. The smallest absolute Gasteiger partial charge is 0.248 e. The number of anilines is 1. The van der Waals surface area contributed by atoms with Crippen LogP contribution >= 0.6 is 11.6 Å². The summed E-state index contributed by atoms with van der Waals surface area (Å²) in [5.74, 6) is 0.450. The van der Waals surface area contributed by atoms with Gasteiger partial charge in [-0.2, -0.15) is 0 Å². The number of amides is 1. The zero-order valence-electron chi connectivity index (χ0n) is 14.7. The lowest BCUT2D eigenvalue weighted by Gasteiger charge is -2.11. The molecule has 1 amide bonds. The summed E-state index contributed by atoms with van der Waals surface area (Å²) in [6.45, 7) is 2.35. The van der Waals surface area contributed by atoms with Crippen molar-refractivity contribution in [2.45, 2.75) is 13.5 Å². The molecule has 0 saturated heterocycles. The maximum absolute atomic E-state index is 12.1. The van der Waals surface area contributed by atoms with Crippen LogP contribution in [-0.4, -0.2) is 15.9 Å². The molecule has 0 radical (unpaired) electrons. The first-order valence-corrected chi connectivity index (χ1v) is 8.71. The second kappa shape index (κ2) is 8.96. The molecular weight excluding hydrogens is 362 g/mol. The standard InChI is InChI=1S/C21H18ClN3O2/c1-15-5-6-19(25-21(26)8-7-18-9-10-23-14-24-18)12-20(15)27-13-16-3-2-4-17(22)11-16/h2-12,14H,13H2,1H3,(H,25,26)/b8-7+. The molecule has 0 unspecified atom stereocenters. The van der Waals surface area contributed by atoms with E-state index in [-0.39, 0.29) is 5.91 Å². The highest BCUT2D eigenvalue weighted by atomic mass is 35.5. The number of ether oxygens (including phenoxy) is 1. The summed E-state index contributed by atoms with van der Waals surface area (Å²) in [5.41, 5.74) is 3.27. The van der Waals surface area contributed by atoms with Gasteiger partial charge in [-0.3, -0.25) is 4.79 Å². The molecule has 3 aromatic rings. The fourth-order valence-corrected chi connectivity index (χ4v) is 2.58. The zero-order valence-corrected chi connectivity index (χ0v) is 15.5. The van der Waals surface area contributed by atoms with Crippen molar-refractivity contribution in [1.82, 2.24) is 9.97 Å². The molecule has 0 fully saturated rings. The number of nitrogens with one attached hydrogen (secondary N) is 1. The van der Waals surface area contributed by atoms with Crippen molar-refractivity contribution in [3.05, 3.63) is 89.0 Å². The van der Waals surface area contributed by atoms with Gasteiger partial charge >= 0.3 is 0 Å². The SMILES string of the molecule is Cc1ccc(NC(=O)/C=C/c2ccncn2)cc1OCc1cccc(Cl)c1. The predicted octanol–water partition coefficient (Wildman–Crippen LogP) is 4.67. The summed E-state index contributed by atoms with van der Waals surface area (Å²) >= 11 is 6.00. The lowest BCUT2D eigenvalue weighted by atomic mass is 10.2. The van der Waals surface area contributed by atoms with E-state index < -0.39 is 0 Å². The molecule has 1 N–H and O–H groups in total. The Bertz CT molecular complexity index is 959. The van der Waals surface area contributed by atoms with Crippen molar-refractivity contribution in [2.75, 3.05) is 5.32 Å². The normalized spacial score (nSPS) is 10.7. The van der Waals surface area contributed by atoms with E-state index in [0.29, 0.717) is 28.8 Å². The van der Waals surface area contributed by atoms with E-state index in [1.807, 2.05) is 43.3 Å². The van der Waals surface area contributed by atoms with Gasteiger partial charge in [0.05, 0.1) is 5.69 Å². The number of hydrogen-bond acceptors (Lipinski definition) is 4. The molecule has 0 aliphatic heterocycles. The molecule has 3 rings (SSSR count). The summed E-state index contributed by atoms with van der Waals surface area (Å²) in [6.07, 6.45) is 6.10. The minimum Gasteiger partial charge on any atom is -0.489 e. The van der Waals surface area contributed by atoms with E-state index in [1.165, 1.54) is 12.4 Å². The lowest BCUT2D eigenvalue weighted by molar-refractivity contribution is -0.111. The molecule has 1 aromatic heterocycles. The second-order valence-electron chi connectivity index (χ2n) is 5.86. The van der Waals surface area contributed by atoms with Gasteiger partial charge in [0.2, 0.25) is 5.91 Å². The third-order valence-corrected chi connectivity index (χ3v) is 3.98. The molecule has 0 aliphatic rings. The van der Waals surface area contributed by atoms with Gasteiger partial charge in [0.25, 0.3) is 0 Å². The number of aryl methyl sites for hydroxylation is 1. The maximum Gasteiger partial charge on any atom is 0.248 e. The van der Waals surface area contributed by atoms with Gasteiger partial charge in [0, 0.05) is 29.0 Å². The van der Waals surface area contributed by atoms with Gasteiger partial charge in [0.1, 0.15) is 18.7 Å². The summed E-state index contributed by atoms with van der Waals surface area (Å²) in [6, 6.07) is 14.8. The fraction of sp³-hybridized carbons (Fsp3) is 0.0952. The molecule has 0 bridgehead atoms. The van der Waals surface area contributed by atoms with Gasteiger partial charge in [-0.15, -0.1) is 0 Å². The van der Waals surface area contributed by atoms with Crippen LogP contribution in [0.5, 0.6) is 5.75 Å². The van der Waals surface area contributed by atoms with Crippen molar-refractivity contribution in [3.63, 3.8) is 0 Å². The fourth-order valence-electron chi connectivity index (χ4n) is 2.37. The number of nitrogens with zero attached hydrogens (tertiary/aromatic N) is 2. The van der Waals surface area contributed by atoms with Crippen molar-refractivity contribution >= 4 is 29.3 Å². The largest absolute Gasteiger partial charge is 0.489 e. The van der Waals surface area contributed by atoms with E-state index in [1.54, 1.807) is 24.4 Å². The number of halogens is 1. The van der Waals surface area contributed by atoms with Gasteiger partial charge in [-0.1, -0.05) is 29.8 Å². The summed E-state index contributed by atoms with van der Waals surface area (Å²) in [4.78, 5) is 20.0. The van der Waals surface area contributed by atoms with Gasteiger partial charge in [-0.05, 0) is 48.4 Å². The molecule has 0 atom stereocenters. The maximum atomic E-state index is 12.1. The van der Waals surface area contributed by atoms with E-state index in [9.17, 15) is 4.79 Å². The summed E-state index contributed by atoms with van der Waals surface area (Å²) in [5, 5.41) is 3.49. The van der Waals surface area contributed by atoms with Gasteiger partial charge in [0.15, 0.2) is 0 Å². The summed E-state index contributed by atoms with van der Waals surface area (Å²) < 4.78 is 5.88. The highest BCUT2D eigenvalue weighted by Crippen LogP contribution is 2.24. The third kappa shape index (κ3) is 5.66.